The Morgan fingerprint density at radius 3 is 2.81 bits per heavy atom. The van der Waals surface area contributed by atoms with Gasteiger partial charge < -0.3 is 0 Å². The Labute approximate surface area is 124 Å². The van der Waals surface area contributed by atoms with Crippen molar-refractivity contribution in [2.45, 2.75) is 10.9 Å². The topological polar surface area (TPSA) is 46.0 Å². The van der Waals surface area contributed by atoms with Crippen molar-refractivity contribution in [1.82, 2.24) is 19.6 Å². The molecule has 0 aliphatic carbocycles. The molecule has 0 atom stereocenters. The number of H-pyrrole nitrogens is 1. The predicted molar refractivity (Wildman–Crippen MR) is 80.8 cm³/mol. The molecule has 0 bridgehead atoms. The molecule has 0 saturated heterocycles. The maximum absolute atomic E-state index is 13.7. The molecule has 4 nitrogen and oxygen atoms in total. The van der Waals surface area contributed by atoms with Crippen molar-refractivity contribution in [1.29, 1.82) is 0 Å². The highest BCUT2D eigenvalue weighted by atomic mass is 32.2. The average Bonchev–Trinajstić information content (AvgIpc) is 3.05. The highest BCUT2D eigenvalue weighted by molar-refractivity contribution is 7.98. The summed E-state index contributed by atoms with van der Waals surface area (Å²) in [5, 5.41) is 7.96. The van der Waals surface area contributed by atoms with Crippen LogP contribution in [0.15, 0.2) is 53.7 Å². The van der Waals surface area contributed by atoms with Gasteiger partial charge in [0.2, 0.25) is 5.78 Å². The molecular formula is C15H11FN4S. The molecule has 21 heavy (non-hydrogen) atoms. The fourth-order valence-electron chi connectivity index (χ4n) is 2.30. The number of benzene rings is 2. The summed E-state index contributed by atoms with van der Waals surface area (Å²) in [6.07, 6.45) is 0. The summed E-state index contributed by atoms with van der Waals surface area (Å²) >= 11 is 1.48. The number of aromatic nitrogens is 4. The first-order valence-electron chi connectivity index (χ1n) is 6.51. The smallest absolute Gasteiger partial charge is 0.231 e. The van der Waals surface area contributed by atoms with Crippen molar-refractivity contribution in [3.63, 3.8) is 0 Å². The maximum Gasteiger partial charge on any atom is 0.231 e. The molecule has 1 N–H and O–H groups in total. The van der Waals surface area contributed by atoms with Gasteiger partial charge in [-0.15, -0.1) is 5.10 Å². The number of nitrogens with one attached hydrogen (secondary N) is 1. The summed E-state index contributed by atoms with van der Waals surface area (Å²) in [5.41, 5.74) is 2.58. The first-order valence-corrected chi connectivity index (χ1v) is 7.49. The van der Waals surface area contributed by atoms with E-state index in [2.05, 4.69) is 15.2 Å². The normalized spacial score (nSPS) is 11.5. The third-order valence-electron chi connectivity index (χ3n) is 3.32. The number of para-hydroxylation sites is 2. The van der Waals surface area contributed by atoms with E-state index in [1.54, 1.807) is 12.1 Å². The van der Waals surface area contributed by atoms with Gasteiger partial charge in [-0.05, 0) is 23.8 Å². The molecule has 6 heteroatoms. The van der Waals surface area contributed by atoms with Crippen LogP contribution < -0.4 is 0 Å². The monoisotopic (exact) mass is 298 g/mol. The molecule has 4 rings (SSSR count). The lowest BCUT2D eigenvalue weighted by molar-refractivity contribution is 0.617. The zero-order valence-electron chi connectivity index (χ0n) is 11.0. The summed E-state index contributed by atoms with van der Waals surface area (Å²) in [4.78, 5) is 4.47. The van der Waals surface area contributed by atoms with Crippen molar-refractivity contribution in [2.24, 2.45) is 0 Å². The first-order chi connectivity index (χ1) is 10.3. The second-order valence-electron chi connectivity index (χ2n) is 4.65. The van der Waals surface area contributed by atoms with Crippen molar-refractivity contribution >= 4 is 28.6 Å². The Kier molecular flexibility index (Phi) is 2.89. The van der Waals surface area contributed by atoms with Crippen LogP contribution >= 0.6 is 11.8 Å². The minimum absolute atomic E-state index is 0.188. The predicted octanol–water partition coefficient (Wildman–Crippen LogP) is 3.64. The molecule has 0 aliphatic heterocycles. The minimum Gasteiger partial charge on any atom is -0.254 e. The van der Waals surface area contributed by atoms with Gasteiger partial charge in [-0.25, -0.2) is 14.5 Å². The third-order valence-corrected chi connectivity index (χ3v) is 4.31. The van der Waals surface area contributed by atoms with E-state index in [0.717, 1.165) is 16.2 Å². The molecule has 2 heterocycles. The van der Waals surface area contributed by atoms with Crippen LogP contribution in [0.4, 0.5) is 4.39 Å². The van der Waals surface area contributed by atoms with Crippen LogP contribution in [0.3, 0.4) is 0 Å². The minimum atomic E-state index is -0.188. The third kappa shape index (κ3) is 2.08. The Balaban J connectivity index is 1.72. The number of rotatable bonds is 3. The van der Waals surface area contributed by atoms with Crippen LogP contribution in [0, 0.1) is 5.82 Å². The Morgan fingerprint density at radius 2 is 1.90 bits per heavy atom. The molecular weight excluding hydrogens is 287 g/mol. The Bertz CT molecular complexity index is 928. The van der Waals surface area contributed by atoms with E-state index in [1.165, 1.54) is 17.8 Å². The zero-order valence-corrected chi connectivity index (χ0v) is 11.8. The number of thioether (sulfide) groups is 1. The maximum atomic E-state index is 13.7. The van der Waals surface area contributed by atoms with Crippen molar-refractivity contribution in [2.75, 3.05) is 0 Å². The van der Waals surface area contributed by atoms with Crippen molar-refractivity contribution in [3.8, 4) is 0 Å². The van der Waals surface area contributed by atoms with Gasteiger partial charge in [0.05, 0.1) is 11.0 Å². The van der Waals surface area contributed by atoms with Gasteiger partial charge in [-0.1, -0.05) is 42.1 Å². The quantitative estimate of drug-likeness (QED) is 0.587. The molecule has 0 amide bonds. The van der Waals surface area contributed by atoms with Gasteiger partial charge in [0.25, 0.3) is 0 Å². The molecule has 0 unspecified atom stereocenters. The fourth-order valence-corrected chi connectivity index (χ4v) is 3.24. The molecule has 4 aromatic rings. The highest BCUT2D eigenvalue weighted by Crippen LogP contribution is 2.26. The number of imidazole rings is 1. The standard InChI is InChI=1S/C15H11FN4S/c16-11-6-2-1-5-10(11)9-21-15-19-18-14-17-12-7-3-4-8-13(12)20(14)15/h1-8H,9H2,(H,17,18). The van der Waals surface area contributed by atoms with E-state index in [0.29, 0.717) is 17.1 Å². The van der Waals surface area contributed by atoms with Crippen molar-refractivity contribution < 1.29 is 4.39 Å². The van der Waals surface area contributed by atoms with Gasteiger partial charge in [-0.3, -0.25) is 4.40 Å². The summed E-state index contributed by atoms with van der Waals surface area (Å²) in [6, 6.07) is 14.7. The van der Waals surface area contributed by atoms with Gasteiger partial charge >= 0.3 is 0 Å². The fraction of sp³-hybridized carbons (Fsp3) is 0.0667. The Hall–Kier alpha value is -2.34. The van der Waals surface area contributed by atoms with E-state index >= 15 is 0 Å². The lowest BCUT2D eigenvalue weighted by atomic mass is 10.2. The molecule has 2 aromatic heterocycles. The second kappa shape index (κ2) is 4.89. The molecule has 0 spiro atoms. The lowest BCUT2D eigenvalue weighted by Gasteiger charge is -2.01. The van der Waals surface area contributed by atoms with E-state index in [-0.39, 0.29) is 5.82 Å². The summed E-state index contributed by atoms with van der Waals surface area (Å²) < 4.78 is 15.6. The number of hydrogen-bond donors (Lipinski definition) is 1. The van der Waals surface area contributed by atoms with E-state index in [9.17, 15) is 4.39 Å². The Morgan fingerprint density at radius 1 is 1.10 bits per heavy atom. The van der Waals surface area contributed by atoms with Crippen LogP contribution in [0.5, 0.6) is 0 Å². The van der Waals surface area contributed by atoms with Crippen LogP contribution in [-0.2, 0) is 5.75 Å². The molecule has 0 radical (unpaired) electrons. The van der Waals surface area contributed by atoms with E-state index in [4.69, 9.17) is 0 Å². The molecule has 104 valence electrons. The van der Waals surface area contributed by atoms with Crippen LogP contribution in [0.2, 0.25) is 0 Å². The molecule has 0 aliphatic rings. The lowest BCUT2D eigenvalue weighted by Crippen LogP contribution is -1.89. The number of nitrogens with zero attached hydrogens (tertiary/aromatic N) is 3. The second-order valence-corrected chi connectivity index (χ2v) is 5.59. The van der Waals surface area contributed by atoms with E-state index < -0.39 is 0 Å². The number of fused-ring (bicyclic) bond motifs is 3. The largest absolute Gasteiger partial charge is 0.254 e. The van der Waals surface area contributed by atoms with Crippen molar-refractivity contribution in [3.05, 3.63) is 59.9 Å². The molecule has 2 aromatic carbocycles. The SMILES string of the molecule is Fc1ccccc1CSc1n[nH]c2nc3ccccc3n12. The van der Waals surface area contributed by atoms with Gasteiger partial charge in [0, 0.05) is 5.75 Å². The van der Waals surface area contributed by atoms with Crippen LogP contribution in [0.25, 0.3) is 16.8 Å². The highest BCUT2D eigenvalue weighted by Gasteiger charge is 2.12. The van der Waals surface area contributed by atoms with Crippen LogP contribution in [0.1, 0.15) is 5.56 Å². The van der Waals surface area contributed by atoms with E-state index in [1.807, 2.05) is 34.7 Å². The number of aromatic amines is 1. The van der Waals surface area contributed by atoms with Gasteiger partial charge in [0.15, 0.2) is 5.16 Å². The number of halogens is 1. The van der Waals surface area contributed by atoms with Crippen LogP contribution in [-0.4, -0.2) is 19.6 Å². The van der Waals surface area contributed by atoms with Gasteiger partial charge in [0.1, 0.15) is 5.82 Å². The molecule has 0 saturated carbocycles. The summed E-state index contributed by atoms with van der Waals surface area (Å²) in [6.45, 7) is 0. The average molecular weight is 298 g/mol. The zero-order chi connectivity index (χ0) is 14.2. The van der Waals surface area contributed by atoms with Gasteiger partial charge in [-0.2, -0.15) is 0 Å². The first kappa shape index (κ1) is 12.4. The number of hydrogen-bond acceptors (Lipinski definition) is 3. The summed E-state index contributed by atoms with van der Waals surface area (Å²) in [7, 11) is 0. The molecule has 0 fully saturated rings. The summed E-state index contributed by atoms with van der Waals surface area (Å²) in [5.74, 6) is 1.04.